The van der Waals surface area contributed by atoms with Crippen molar-refractivity contribution in [1.29, 1.82) is 0 Å². The number of carbonyl (C=O) groups is 2. The number of hydrogen-bond acceptors (Lipinski definition) is 5. The monoisotopic (exact) mass is 301 g/mol. The second-order valence-electron chi connectivity index (χ2n) is 5.41. The van der Waals surface area contributed by atoms with Crippen molar-refractivity contribution in [1.82, 2.24) is 10.6 Å². The van der Waals surface area contributed by atoms with E-state index in [1.165, 1.54) is 6.92 Å². The molecule has 122 valence electrons. The van der Waals surface area contributed by atoms with Gasteiger partial charge < -0.3 is 26.2 Å². The summed E-state index contributed by atoms with van der Waals surface area (Å²) in [5, 5.41) is 14.8. The number of carbonyl (C=O) groups excluding carboxylic acids is 2. The van der Waals surface area contributed by atoms with Crippen LogP contribution in [0.2, 0.25) is 0 Å². The van der Waals surface area contributed by atoms with Gasteiger partial charge in [-0.3, -0.25) is 9.59 Å². The number of aliphatic hydroxyl groups is 1. The lowest BCUT2D eigenvalue weighted by Gasteiger charge is -2.36. The van der Waals surface area contributed by atoms with Crippen LogP contribution in [0.15, 0.2) is 0 Å². The van der Waals surface area contributed by atoms with Crippen LogP contribution in [0.1, 0.15) is 45.4 Å². The number of ether oxygens (including phenoxy) is 1. The van der Waals surface area contributed by atoms with Gasteiger partial charge in [-0.1, -0.05) is 6.42 Å². The molecule has 0 aromatic rings. The third kappa shape index (κ3) is 6.88. The van der Waals surface area contributed by atoms with E-state index in [4.69, 9.17) is 10.5 Å². The van der Waals surface area contributed by atoms with Crippen LogP contribution in [0.3, 0.4) is 0 Å². The topological polar surface area (TPSA) is 114 Å². The van der Waals surface area contributed by atoms with E-state index in [9.17, 15) is 14.7 Å². The molecular formula is C14H27N3O4. The molecule has 1 aliphatic rings. The maximum absolute atomic E-state index is 11.9. The van der Waals surface area contributed by atoms with Crippen molar-refractivity contribution in [2.75, 3.05) is 13.2 Å². The lowest BCUT2D eigenvalue weighted by molar-refractivity contribution is -0.140. The Morgan fingerprint density at radius 3 is 2.62 bits per heavy atom. The van der Waals surface area contributed by atoms with Gasteiger partial charge in [-0.15, -0.1) is 0 Å². The van der Waals surface area contributed by atoms with Crippen molar-refractivity contribution >= 4 is 11.8 Å². The summed E-state index contributed by atoms with van der Waals surface area (Å²) in [5.74, 6) is -0.265. The Hall–Kier alpha value is -1.18. The third-order valence-electron chi connectivity index (χ3n) is 3.51. The minimum Gasteiger partial charge on any atom is -0.394 e. The van der Waals surface area contributed by atoms with Gasteiger partial charge in [-0.2, -0.15) is 0 Å². The SMILES string of the molecule is CC(=O)N[C@H]1CCC(CO)O[C@H]1NC(=O)CCCCCN. The highest BCUT2D eigenvalue weighted by atomic mass is 16.5. The van der Waals surface area contributed by atoms with Crippen LogP contribution in [0.4, 0.5) is 0 Å². The summed E-state index contributed by atoms with van der Waals surface area (Å²) in [6.07, 6.45) is 3.48. The number of amides is 2. The molecule has 1 aliphatic heterocycles. The standard InChI is InChI=1S/C14H27N3O4/c1-10(19)16-12-7-6-11(9-18)21-14(12)17-13(20)5-3-2-4-8-15/h11-12,14,18H,2-9,15H2,1H3,(H,16,19)(H,17,20)/t11?,12-,14+/m0/s1. The quantitative estimate of drug-likeness (QED) is 0.457. The van der Waals surface area contributed by atoms with E-state index in [1.807, 2.05) is 0 Å². The summed E-state index contributed by atoms with van der Waals surface area (Å²) < 4.78 is 5.63. The zero-order chi connectivity index (χ0) is 15.7. The molecule has 7 heteroatoms. The molecule has 0 saturated carbocycles. The highest BCUT2D eigenvalue weighted by Crippen LogP contribution is 2.18. The van der Waals surface area contributed by atoms with Crippen LogP contribution in [0, 0.1) is 0 Å². The minimum absolute atomic E-state index is 0.0876. The van der Waals surface area contributed by atoms with E-state index in [0.717, 1.165) is 19.3 Å². The zero-order valence-corrected chi connectivity index (χ0v) is 12.6. The fourth-order valence-corrected chi connectivity index (χ4v) is 2.40. The van der Waals surface area contributed by atoms with Gasteiger partial charge in [0.05, 0.1) is 18.8 Å². The van der Waals surface area contributed by atoms with E-state index < -0.39 is 6.23 Å². The van der Waals surface area contributed by atoms with Crippen LogP contribution in [0.25, 0.3) is 0 Å². The predicted octanol–water partition coefficient (Wildman–Crippen LogP) is -0.376. The molecule has 5 N–H and O–H groups in total. The molecule has 1 heterocycles. The van der Waals surface area contributed by atoms with Crippen LogP contribution in [-0.2, 0) is 14.3 Å². The molecule has 3 atom stereocenters. The van der Waals surface area contributed by atoms with Gasteiger partial charge in [0.25, 0.3) is 0 Å². The average molecular weight is 301 g/mol. The Bertz CT molecular complexity index is 338. The molecule has 0 bridgehead atoms. The number of hydrogen-bond donors (Lipinski definition) is 4. The lowest BCUT2D eigenvalue weighted by Crippen LogP contribution is -2.57. The highest BCUT2D eigenvalue weighted by Gasteiger charge is 2.32. The molecule has 2 amide bonds. The molecule has 21 heavy (non-hydrogen) atoms. The summed E-state index contributed by atoms with van der Waals surface area (Å²) in [5.41, 5.74) is 5.41. The average Bonchev–Trinajstić information content (AvgIpc) is 2.45. The summed E-state index contributed by atoms with van der Waals surface area (Å²) in [7, 11) is 0. The van der Waals surface area contributed by atoms with Crippen molar-refractivity contribution < 1.29 is 19.4 Å². The number of rotatable bonds is 8. The molecule has 1 rings (SSSR count). The maximum Gasteiger partial charge on any atom is 0.222 e. The largest absolute Gasteiger partial charge is 0.394 e. The lowest BCUT2D eigenvalue weighted by atomic mass is 10.0. The minimum atomic E-state index is -0.582. The summed E-state index contributed by atoms with van der Waals surface area (Å²) in [6, 6.07) is -0.252. The summed E-state index contributed by atoms with van der Waals surface area (Å²) >= 11 is 0. The first-order valence-corrected chi connectivity index (χ1v) is 7.59. The van der Waals surface area contributed by atoms with Gasteiger partial charge in [0.2, 0.25) is 11.8 Å². The third-order valence-corrected chi connectivity index (χ3v) is 3.51. The molecule has 1 unspecified atom stereocenters. The first-order chi connectivity index (χ1) is 10.1. The van der Waals surface area contributed by atoms with Crippen molar-refractivity contribution in [3.63, 3.8) is 0 Å². The molecule has 1 fully saturated rings. The molecule has 7 nitrogen and oxygen atoms in total. The normalized spacial score (nSPS) is 25.4. The van der Waals surface area contributed by atoms with E-state index in [0.29, 0.717) is 25.8 Å². The second-order valence-corrected chi connectivity index (χ2v) is 5.41. The van der Waals surface area contributed by atoms with Crippen molar-refractivity contribution in [3.8, 4) is 0 Å². The zero-order valence-electron chi connectivity index (χ0n) is 12.6. The Labute approximate surface area is 125 Å². The molecule has 0 aromatic carbocycles. The van der Waals surface area contributed by atoms with Gasteiger partial charge >= 0.3 is 0 Å². The second kappa shape index (κ2) is 9.70. The number of aliphatic hydroxyl groups excluding tert-OH is 1. The molecule has 0 radical (unpaired) electrons. The summed E-state index contributed by atoms with van der Waals surface area (Å²) in [4.78, 5) is 23.1. The highest BCUT2D eigenvalue weighted by molar-refractivity contribution is 5.76. The van der Waals surface area contributed by atoms with E-state index in [-0.39, 0.29) is 30.6 Å². The Morgan fingerprint density at radius 2 is 2.00 bits per heavy atom. The van der Waals surface area contributed by atoms with E-state index >= 15 is 0 Å². The predicted molar refractivity (Wildman–Crippen MR) is 78.3 cm³/mol. The van der Waals surface area contributed by atoms with Gasteiger partial charge in [-0.25, -0.2) is 0 Å². The molecule has 1 saturated heterocycles. The fraction of sp³-hybridized carbons (Fsp3) is 0.857. The number of nitrogens with two attached hydrogens (primary N) is 1. The smallest absolute Gasteiger partial charge is 0.222 e. The van der Waals surface area contributed by atoms with E-state index in [2.05, 4.69) is 10.6 Å². The van der Waals surface area contributed by atoms with Gasteiger partial charge in [0.15, 0.2) is 6.23 Å². The maximum atomic E-state index is 11.9. The van der Waals surface area contributed by atoms with Gasteiger partial charge in [0.1, 0.15) is 0 Å². The van der Waals surface area contributed by atoms with E-state index in [1.54, 1.807) is 0 Å². The molecule has 0 spiro atoms. The molecular weight excluding hydrogens is 274 g/mol. The van der Waals surface area contributed by atoms with Crippen LogP contribution >= 0.6 is 0 Å². The summed E-state index contributed by atoms with van der Waals surface area (Å²) in [6.45, 7) is 1.98. The van der Waals surface area contributed by atoms with Crippen LogP contribution < -0.4 is 16.4 Å². The van der Waals surface area contributed by atoms with Crippen LogP contribution in [-0.4, -0.2) is 48.4 Å². The Kier molecular flexibility index (Phi) is 8.26. The first kappa shape index (κ1) is 17.9. The molecule has 0 aliphatic carbocycles. The number of unbranched alkanes of at least 4 members (excludes halogenated alkanes) is 2. The van der Waals surface area contributed by atoms with Crippen molar-refractivity contribution in [2.24, 2.45) is 5.73 Å². The Balaban J connectivity index is 2.44. The van der Waals surface area contributed by atoms with Gasteiger partial charge in [0, 0.05) is 13.3 Å². The number of nitrogens with one attached hydrogen (secondary N) is 2. The molecule has 0 aromatic heterocycles. The first-order valence-electron chi connectivity index (χ1n) is 7.59. The van der Waals surface area contributed by atoms with Crippen molar-refractivity contribution in [3.05, 3.63) is 0 Å². The Morgan fingerprint density at radius 1 is 1.24 bits per heavy atom. The van der Waals surface area contributed by atoms with Crippen LogP contribution in [0.5, 0.6) is 0 Å². The van der Waals surface area contributed by atoms with Crippen molar-refractivity contribution in [2.45, 2.75) is 63.8 Å². The van der Waals surface area contributed by atoms with Gasteiger partial charge in [-0.05, 0) is 32.2 Å². The fourth-order valence-electron chi connectivity index (χ4n) is 2.40.